The van der Waals surface area contributed by atoms with Gasteiger partial charge in [-0.3, -0.25) is 9.20 Å². The van der Waals surface area contributed by atoms with E-state index in [2.05, 4.69) is 38.0 Å². The number of fused-ring (bicyclic) bond motifs is 1. The number of pyridine rings is 1. The molecule has 3 rings (SSSR count). The molecular weight excluding hydrogens is 360 g/mol. The van der Waals surface area contributed by atoms with E-state index in [9.17, 15) is 13.6 Å². The van der Waals surface area contributed by atoms with Gasteiger partial charge in [-0.15, -0.1) is 0 Å². The van der Waals surface area contributed by atoms with Crippen molar-refractivity contribution < 1.29 is 13.6 Å². The highest BCUT2D eigenvalue weighted by Gasteiger charge is 2.21. The van der Waals surface area contributed by atoms with Gasteiger partial charge in [-0.2, -0.15) is 0 Å². The average Bonchev–Trinajstić information content (AvgIpc) is 2.94. The lowest BCUT2D eigenvalue weighted by atomic mass is 9.84. The lowest BCUT2D eigenvalue weighted by molar-refractivity contribution is -0.117. The van der Waals surface area contributed by atoms with Gasteiger partial charge in [0.15, 0.2) is 11.6 Å². The summed E-state index contributed by atoms with van der Waals surface area (Å²) in [5.41, 5.74) is 1.56. The molecule has 0 saturated carbocycles. The van der Waals surface area contributed by atoms with Gasteiger partial charge in [0.2, 0.25) is 5.91 Å². The Morgan fingerprint density at radius 1 is 1.18 bits per heavy atom. The van der Waals surface area contributed by atoms with Gasteiger partial charge >= 0.3 is 0 Å². The summed E-state index contributed by atoms with van der Waals surface area (Å²) in [7, 11) is 0. The molecule has 2 aromatic heterocycles. The van der Waals surface area contributed by atoms with E-state index in [4.69, 9.17) is 0 Å². The van der Waals surface area contributed by atoms with Crippen LogP contribution in [0.4, 0.5) is 14.6 Å². The van der Waals surface area contributed by atoms with Crippen molar-refractivity contribution in [2.45, 2.75) is 40.5 Å². The van der Waals surface area contributed by atoms with Crippen LogP contribution in [0.2, 0.25) is 0 Å². The number of nitrogens with one attached hydrogen (secondary N) is 1. The van der Waals surface area contributed by atoms with Crippen LogP contribution in [0, 0.1) is 23.0 Å². The van der Waals surface area contributed by atoms with E-state index in [1.54, 1.807) is 16.7 Å². The summed E-state index contributed by atoms with van der Waals surface area (Å²) < 4.78 is 28.8. The van der Waals surface area contributed by atoms with Crippen molar-refractivity contribution in [3.05, 3.63) is 54.2 Å². The molecule has 0 aliphatic rings. The number of carbonyl (C=O) groups excluding carboxylic acids is 1. The zero-order valence-corrected chi connectivity index (χ0v) is 16.6. The Morgan fingerprint density at radius 2 is 1.93 bits per heavy atom. The Hall–Kier alpha value is -2.76. The van der Waals surface area contributed by atoms with E-state index in [0.29, 0.717) is 29.1 Å². The number of anilines is 1. The third-order valence-electron chi connectivity index (χ3n) is 4.48. The van der Waals surface area contributed by atoms with E-state index < -0.39 is 11.6 Å². The minimum Gasteiger partial charge on any atom is -0.310 e. The molecule has 6 heteroatoms. The van der Waals surface area contributed by atoms with Crippen LogP contribution >= 0.6 is 0 Å². The highest BCUT2D eigenvalue weighted by atomic mass is 19.2. The SMILES string of the molecule is C[C@@H](CC(=O)Nc1c(-c2ccc(F)c(F)c2)nc2ccccn12)CC(C)(C)C. The Balaban J connectivity index is 1.93. The standard InChI is InChI=1S/C22H25F2N3O/c1-14(13-22(2,3)4)11-19(28)26-21-20(15-8-9-16(23)17(24)12-15)25-18-7-5-6-10-27(18)21/h5-10,12,14H,11,13H2,1-4H3,(H,26,28)/t14-/m0/s1. The zero-order valence-electron chi connectivity index (χ0n) is 16.6. The molecule has 0 saturated heterocycles. The van der Waals surface area contributed by atoms with E-state index in [1.807, 2.05) is 12.1 Å². The third-order valence-corrected chi connectivity index (χ3v) is 4.48. The zero-order chi connectivity index (χ0) is 20.5. The number of imidazole rings is 1. The maximum atomic E-state index is 13.7. The Kier molecular flexibility index (Phi) is 5.49. The highest BCUT2D eigenvalue weighted by Crippen LogP contribution is 2.31. The molecule has 0 radical (unpaired) electrons. The number of aromatic nitrogens is 2. The van der Waals surface area contributed by atoms with Crippen molar-refractivity contribution in [3.63, 3.8) is 0 Å². The van der Waals surface area contributed by atoms with Crippen LogP contribution in [0.25, 0.3) is 16.9 Å². The first-order chi connectivity index (χ1) is 13.1. The first kappa shape index (κ1) is 20.0. The van der Waals surface area contributed by atoms with Crippen LogP contribution in [0.15, 0.2) is 42.6 Å². The van der Waals surface area contributed by atoms with Crippen LogP contribution < -0.4 is 5.32 Å². The van der Waals surface area contributed by atoms with Gasteiger partial charge in [0, 0.05) is 18.2 Å². The number of benzene rings is 1. The van der Waals surface area contributed by atoms with Crippen molar-refractivity contribution in [3.8, 4) is 11.3 Å². The highest BCUT2D eigenvalue weighted by molar-refractivity contribution is 5.94. The molecule has 0 aliphatic carbocycles. The average molecular weight is 385 g/mol. The fourth-order valence-corrected chi connectivity index (χ4v) is 3.58. The van der Waals surface area contributed by atoms with Gasteiger partial charge in [0.05, 0.1) is 0 Å². The molecule has 1 atom stereocenters. The summed E-state index contributed by atoms with van der Waals surface area (Å²) >= 11 is 0. The first-order valence-electron chi connectivity index (χ1n) is 9.36. The number of nitrogens with zero attached hydrogens (tertiary/aromatic N) is 2. The maximum absolute atomic E-state index is 13.7. The Morgan fingerprint density at radius 3 is 2.61 bits per heavy atom. The molecule has 0 bridgehead atoms. The number of hydrogen-bond acceptors (Lipinski definition) is 2. The summed E-state index contributed by atoms with van der Waals surface area (Å²) in [6.07, 6.45) is 3.07. The molecule has 0 spiro atoms. The first-order valence-corrected chi connectivity index (χ1v) is 9.36. The minimum atomic E-state index is -0.953. The minimum absolute atomic E-state index is 0.133. The molecule has 28 heavy (non-hydrogen) atoms. The summed E-state index contributed by atoms with van der Waals surface area (Å²) in [6.45, 7) is 8.49. The topological polar surface area (TPSA) is 46.4 Å². The number of carbonyl (C=O) groups is 1. The summed E-state index contributed by atoms with van der Waals surface area (Å²) in [5.74, 6) is -1.34. The fraction of sp³-hybridized carbons (Fsp3) is 0.364. The molecule has 1 aromatic carbocycles. The molecule has 0 unspecified atom stereocenters. The fourth-order valence-electron chi connectivity index (χ4n) is 3.58. The number of rotatable bonds is 5. The van der Waals surface area contributed by atoms with Crippen molar-refractivity contribution in [2.24, 2.45) is 11.3 Å². The molecule has 148 valence electrons. The molecule has 4 nitrogen and oxygen atoms in total. The monoisotopic (exact) mass is 385 g/mol. The maximum Gasteiger partial charge on any atom is 0.225 e. The summed E-state index contributed by atoms with van der Waals surface area (Å²) in [5, 5.41) is 2.93. The molecule has 0 aliphatic heterocycles. The summed E-state index contributed by atoms with van der Waals surface area (Å²) in [4.78, 5) is 17.2. The molecule has 2 heterocycles. The number of amides is 1. The predicted octanol–water partition coefficient (Wildman–Crippen LogP) is 5.68. The van der Waals surface area contributed by atoms with Gasteiger partial charge < -0.3 is 5.32 Å². The largest absolute Gasteiger partial charge is 0.310 e. The lowest BCUT2D eigenvalue weighted by Gasteiger charge is -2.22. The molecule has 3 aromatic rings. The predicted molar refractivity (Wildman–Crippen MR) is 107 cm³/mol. The van der Waals surface area contributed by atoms with Crippen molar-refractivity contribution in [1.82, 2.24) is 9.38 Å². The van der Waals surface area contributed by atoms with Gasteiger partial charge in [-0.25, -0.2) is 13.8 Å². The van der Waals surface area contributed by atoms with Crippen LogP contribution in [-0.2, 0) is 4.79 Å². The Labute approximate surface area is 163 Å². The summed E-state index contributed by atoms with van der Waals surface area (Å²) in [6, 6.07) is 9.05. The molecular formula is C22H25F2N3O. The molecule has 1 N–H and O–H groups in total. The van der Waals surface area contributed by atoms with Crippen molar-refractivity contribution >= 4 is 17.4 Å². The van der Waals surface area contributed by atoms with Crippen molar-refractivity contribution in [2.75, 3.05) is 5.32 Å². The van der Waals surface area contributed by atoms with Crippen LogP contribution in [0.1, 0.15) is 40.5 Å². The third kappa shape index (κ3) is 4.55. The second-order valence-electron chi connectivity index (χ2n) is 8.49. The second-order valence-corrected chi connectivity index (χ2v) is 8.49. The lowest BCUT2D eigenvalue weighted by Crippen LogP contribution is -2.19. The normalized spacial score (nSPS) is 12.9. The number of halogens is 2. The van der Waals surface area contributed by atoms with Gasteiger partial charge in [0.25, 0.3) is 0 Å². The van der Waals surface area contributed by atoms with Gasteiger partial charge in [0.1, 0.15) is 17.2 Å². The molecule has 1 amide bonds. The van der Waals surface area contributed by atoms with Crippen LogP contribution in [-0.4, -0.2) is 15.3 Å². The Bertz CT molecular complexity index is 1000. The van der Waals surface area contributed by atoms with E-state index >= 15 is 0 Å². The quantitative estimate of drug-likeness (QED) is 0.614. The molecule has 0 fully saturated rings. The van der Waals surface area contributed by atoms with Gasteiger partial charge in [-0.1, -0.05) is 33.8 Å². The smallest absolute Gasteiger partial charge is 0.225 e. The van der Waals surface area contributed by atoms with E-state index in [-0.39, 0.29) is 17.2 Å². The van der Waals surface area contributed by atoms with E-state index in [1.165, 1.54) is 6.07 Å². The number of hydrogen-bond donors (Lipinski definition) is 1. The van der Waals surface area contributed by atoms with Gasteiger partial charge in [-0.05, 0) is 48.1 Å². The second kappa shape index (κ2) is 7.70. The van der Waals surface area contributed by atoms with Crippen LogP contribution in [0.3, 0.4) is 0 Å². The van der Waals surface area contributed by atoms with E-state index in [0.717, 1.165) is 18.6 Å². The van der Waals surface area contributed by atoms with Crippen LogP contribution in [0.5, 0.6) is 0 Å². The van der Waals surface area contributed by atoms with Crippen molar-refractivity contribution in [1.29, 1.82) is 0 Å².